The molecule has 4 nitrogen and oxygen atoms in total. The van der Waals surface area contributed by atoms with E-state index in [1.165, 1.54) is 5.56 Å². The Bertz CT molecular complexity index is 642. The summed E-state index contributed by atoms with van der Waals surface area (Å²) in [6.07, 6.45) is 0. The smallest absolute Gasteiger partial charge is 0.172 e. The summed E-state index contributed by atoms with van der Waals surface area (Å²) in [5.41, 5.74) is 8.54. The lowest BCUT2D eigenvalue weighted by molar-refractivity contribution is 0.318. The zero-order chi connectivity index (χ0) is 14.7. The SMILES string of the molecule is CN(Cc1csc(Br)c1)c1cc(Br)ccc1/C(N)=N/O. The number of amidine groups is 1. The average Bonchev–Trinajstić information content (AvgIpc) is 2.83. The molecule has 2 aromatic rings. The first-order valence-electron chi connectivity index (χ1n) is 5.72. The molecule has 2 rings (SSSR count). The molecule has 0 amide bonds. The van der Waals surface area contributed by atoms with Gasteiger partial charge in [0.25, 0.3) is 0 Å². The van der Waals surface area contributed by atoms with E-state index in [-0.39, 0.29) is 5.84 Å². The van der Waals surface area contributed by atoms with Gasteiger partial charge in [-0.3, -0.25) is 0 Å². The zero-order valence-electron chi connectivity index (χ0n) is 10.7. The average molecular weight is 419 g/mol. The van der Waals surface area contributed by atoms with Crippen LogP contribution in [-0.2, 0) is 6.54 Å². The molecule has 0 aliphatic heterocycles. The van der Waals surface area contributed by atoms with Gasteiger partial charge in [-0.25, -0.2) is 0 Å². The van der Waals surface area contributed by atoms with Gasteiger partial charge in [0.05, 0.1) is 3.79 Å². The van der Waals surface area contributed by atoms with E-state index in [9.17, 15) is 0 Å². The molecule has 0 radical (unpaired) electrons. The van der Waals surface area contributed by atoms with Crippen LogP contribution in [0.3, 0.4) is 0 Å². The number of anilines is 1. The lowest BCUT2D eigenvalue weighted by atomic mass is 10.1. The van der Waals surface area contributed by atoms with Crippen molar-refractivity contribution in [2.75, 3.05) is 11.9 Å². The van der Waals surface area contributed by atoms with Gasteiger partial charge in [-0.1, -0.05) is 21.1 Å². The molecule has 3 N–H and O–H groups in total. The van der Waals surface area contributed by atoms with E-state index in [0.29, 0.717) is 5.56 Å². The summed E-state index contributed by atoms with van der Waals surface area (Å²) in [5.74, 6) is 0.103. The van der Waals surface area contributed by atoms with Gasteiger partial charge in [-0.15, -0.1) is 11.3 Å². The highest BCUT2D eigenvalue weighted by Crippen LogP contribution is 2.27. The van der Waals surface area contributed by atoms with Gasteiger partial charge >= 0.3 is 0 Å². The van der Waals surface area contributed by atoms with E-state index in [2.05, 4.69) is 53.4 Å². The first-order valence-corrected chi connectivity index (χ1v) is 8.19. The Balaban J connectivity index is 2.32. The molecule has 0 atom stereocenters. The van der Waals surface area contributed by atoms with Gasteiger partial charge in [-0.2, -0.15) is 0 Å². The first-order chi connectivity index (χ1) is 9.51. The van der Waals surface area contributed by atoms with Crippen LogP contribution < -0.4 is 10.6 Å². The second-order valence-corrected chi connectivity index (χ2v) is 7.47. The topological polar surface area (TPSA) is 61.8 Å². The lowest BCUT2D eigenvalue weighted by Crippen LogP contribution is -2.22. The fourth-order valence-electron chi connectivity index (χ4n) is 1.88. The van der Waals surface area contributed by atoms with E-state index in [0.717, 1.165) is 20.5 Å². The van der Waals surface area contributed by atoms with Crippen LogP contribution in [0.2, 0.25) is 0 Å². The fraction of sp³-hybridized carbons (Fsp3) is 0.154. The van der Waals surface area contributed by atoms with E-state index in [4.69, 9.17) is 10.9 Å². The number of benzene rings is 1. The third kappa shape index (κ3) is 3.53. The highest BCUT2D eigenvalue weighted by Gasteiger charge is 2.12. The van der Waals surface area contributed by atoms with Crippen molar-refractivity contribution >= 4 is 54.7 Å². The van der Waals surface area contributed by atoms with Crippen LogP contribution in [0.5, 0.6) is 0 Å². The van der Waals surface area contributed by atoms with Crippen molar-refractivity contribution in [1.82, 2.24) is 0 Å². The molecule has 0 saturated heterocycles. The second kappa shape index (κ2) is 6.60. The molecule has 1 aromatic heterocycles. The van der Waals surface area contributed by atoms with Gasteiger partial charge in [0.15, 0.2) is 5.84 Å². The number of hydrogen-bond acceptors (Lipinski definition) is 4. The summed E-state index contributed by atoms with van der Waals surface area (Å²) >= 11 is 8.56. The Hall–Kier alpha value is -1.05. The van der Waals surface area contributed by atoms with E-state index >= 15 is 0 Å². The van der Waals surface area contributed by atoms with E-state index in [1.807, 2.05) is 25.2 Å². The lowest BCUT2D eigenvalue weighted by Gasteiger charge is -2.22. The Kier molecular flexibility index (Phi) is 5.06. The molecule has 0 bridgehead atoms. The predicted octanol–water partition coefficient (Wildman–Crippen LogP) is 4.00. The van der Waals surface area contributed by atoms with Crippen LogP contribution in [0.15, 0.2) is 43.1 Å². The Morgan fingerprint density at radius 1 is 1.40 bits per heavy atom. The van der Waals surface area contributed by atoms with Gasteiger partial charge in [0, 0.05) is 29.3 Å². The van der Waals surface area contributed by atoms with E-state index in [1.54, 1.807) is 11.3 Å². The van der Waals surface area contributed by atoms with Gasteiger partial charge in [0.2, 0.25) is 0 Å². The molecule has 106 valence electrons. The van der Waals surface area contributed by atoms with E-state index < -0.39 is 0 Å². The van der Waals surface area contributed by atoms with Gasteiger partial charge in [0.1, 0.15) is 0 Å². The fourth-order valence-corrected chi connectivity index (χ4v) is 3.43. The molecule has 20 heavy (non-hydrogen) atoms. The maximum atomic E-state index is 8.89. The highest BCUT2D eigenvalue weighted by atomic mass is 79.9. The molecular formula is C13H13Br2N3OS. The molecule has 0 aliphatic carbocycles. The van der Waals surface area contributed by atoms with Crippen molar-refractivity contribution in [3.63, 3.8) is 0 Å². The number of hydrogen-bond donors (Lipinski definition) is 2. The molecular weight excluding hydrogens is 406 g/mol. The molecule has 0 unspecified atom stereocenters. The van der Waals surface area contributed by atoms with Crippen molar-refractivity contribution < 1.29 is 5.21 Å². The summed E-state index contributed by atoms with van der Waals surface area (Å²) in [4.78, 5) is 2.06. The normalized spacial score (nSPS) is 11.7. The van der Waals surface area contributed by atoms with Crippen LogP contribution in [0.1, 0.15) is 11.1 Å². The summed E-state index contributed by atoms with van der Waals surface area (Å²) < 4.78 is 2.05. The third-order valence-electron chi connectivity index (χ3n) is 2.80. The predicted molar refractivity (Wildman–Crippen MR) is 90.8 cm³/mol. The van der Waals surface area contributed by atoms with Crippen LogP contribution in [-0.4, -0.2) is 18.1 Å². The minimum Gasteiger partial charge on any atom is -0.409 e. The van der Waals surface area contributed by atoms with Crippen molar-refractivity contribution in [2.45, 2.75) is 6.54 Å². The van der Waals surface area contributed by atoms with Crippen LogP contribution in [0, 0.1) is 0 Å². The highest BCUT2D eigenvalue weighted by molar-refractivity contribution is 9.11. The molecule has 0 fully saturated rings. The maximum absolute atomic E-state index is 8.89. The summed E-state index contributed by atoms with van der Waals surface area (Å²) in [6, 6.07) is 7.73. The number of halogens is 2. The number of nitrogens with two attached hydrogens (primary N) is 1. The molecule has 0 spiro atoms. The molecule has 0 saturated carbocycles. The molecule has 0 aliphatic rings. The summed E-state index contributed by atoms with van der Waals surface area (Å²) in [6.45, 7) is 0.740. The van der Waals surface area contributed by atoms with Crippen molar-refractivity contribution in [3.05, 3.63) is 49.0 Å². The van der Waals surface area contributed by atoms with Gasteiger partial charge in [-0.05, 0) is 51.1 Å². The van der Waals surface area contributed by atoms with Gasteiger partial charge < -0.3 is 15.8 Å². The number of rotatable bonds is 4. The number of oxime groups is 1. The third-order valence-corrected chi connectivity index (χ3v) is 4.84. The van der Waals surface area contributed by atoms with Crippen LogP contribution >= 0.6 is 43.2 Å². The first kappa shape index (κ1) is 15.3. The Morgan fingerprint density at radius 2 is 2.15 bits per heavy atom. The van der Waals surface area contributed by atoms with Crippen LogP contribution in [0.25, 0.3) is 0 Å². The molecule has 7 heteroatoms. The molecule has 1 heterocycles. The largest absolute Gasteiger partial charge is 0.409 e. The maximum Gasteiger partial charge on any atom is 0.172 e. The van der Waals surface area contributed by atoms with Crippen LogP contribution in [0.4, 0.5) is 5.69 Å². The Morgan fingerprint density at radius 3 is 2.75 bits per heavy atom. The monoisotopic (exact) mass is 417 g/mol. The quantitative estimate of drug-likeness (QED) is 0.341. The zero-order valence-corrected chi connectivity index (χ0v) is 14.7. The van der Waals surface area contributed by atoms with Crippen molar-refractivity contribution in [1.29, 1.82) is 0 Å². The number of nitrogens with zero attached hydrogens (tertiary/aromatic N) is 2. The van der Waals surface area contributed by atoms with Crippen molar-refractivity contribution in [2.24, 2.45) is 10.9 Å². The molecule has 1 aromatic carbocycles. The van der Waals surface area contributed by atoms with Crippen molar-refractivity contribution in [3.8, 4) is 0 Å². The second-order valence-electron chi connectivity index (χ2n) is 4.26. The standard InChI is InChI=1S/C13H13Br2N3OS/c1-18(6-8-4-12(15)20-7-8)11-5-9(14)2-3-10(11)13(16)17-19/h2-5,7,19H,6H2,1H3,(H2,16,17). The summed E-state index contributed by atoms with van der Waals surface area (Å²) in [5, 5.41) is 14.1. The minimum absolute atomic E-state index is 0.103. The Labute approximate surface area is 138 Å². The summed E-state index contributed by atoms with van der Waals surface area (Å²) in [7, 11) is 1.97. The number of thiophene rings is 1. The minimum atomic E-state index is 0.103.